The molecule has 1 saturated heterocycles. The minimum Gasteiger partial charge on any atom is -0.461 e. The third kappa shape index (κ3) is 2.82. The van der Waals surface area contributed by atoms with Crippen molar-refractivity contribution < 1.29 is 14.3 Å². The van der Waals surface area contributed by atoms with Gasteiger partial charge in [0.15, 0.2) is 5.78 Å². The molecule has 0 unspecified atom stereocenters. The van der Waals surface area contributed by atoms with Crippen LogP contribution in [0.2, 0.25) is 0 Å². The number of carbonyl (C=O) groups excluding carboxylic acids is 2. The predicted molar refractivity (Wildman–Crippen MR) is 103 cm³/mol. The normalized spacial score (nSPS) is 46.1. The summed E-state index contributed by atoms with van der Waals surface area (Å²) in [5, 5.41) is 0. The van der Waals surface area contributed by atoms with E-state index in [0.29, 0.717) is 24.2 Å². The maximum absolute atomic E-state index is 12.3. The average Bonchev–Trinajstić information content (AvgIpc) is 3.37. The molecule has 0 aromatic carbocycles. The molecule has 27 heavy (non-hydrogen) atoms. The quantitative estimate of drug-likeness (QED) is 0.560. The first-order valence-electron chi connectivity index (χ1n) is 11.1. The Labute approximate surface area is 162 Å². The number of hydrogen-bond donors (Lipinski definition) is 0. The molecule has 5 aliphatic rings. The third-order valence-corrected chi connectivity index (χ3v) is 9.04. The molecule has 0 N–H and O–H groups in total. The molecule has 4 fully saturated rings. The molecule has 0 spiro atoms. The van der Waals surface area contributed by atoms with Gasteiger partial charge in [0.25, 0.3) is 0 Å². The van der Waals surface area contributed by atoms with Crippen LogP contribution in [-0.2, 0) is 14.3 Å². The summed E-state index contributed by atoms with van der Waals surface area (Å²) in [5.74, 6) is 2.42. The Morgan fingerprint density at radius 3 is 2.70 bits per heavy atom. The summed E-state index contributed by atoms with van der Waals surface area (Å²) in [7, 11) is 0. The van der Waals surface area contributed by atoms with Gasteiger partial charge in [-0.2, -0.15) is 0 Å². The van der Waals surface area contributed by atoms with Gasteiger partial charge in [0.2, 0.25) is 0 Å². The third-order valence-electron chi connectivity index (χ3n) is 9.04. The molecule has 0 bridgehead atoms. The molecule has 4 aliphatic carbocycles. The first-order chi connectivity index (χ1) is 12.9. The minimum absolute atomic E-state index is 0.0203. The van der Waals surface area contributed by atoms with Gasteiger partial charge in [-0.05, 0) is 74.2 Å². The van der Waals surface area contributed by atoms with E-state index >= 15 is 0 Å². The molecule has 1 heterocycles. The molecule has 3 saturated carbocycles. The van der Waals surface area contributed by atoms with Gasteiger partial charge < -0.3 is 4.74 Å². The highest BCUT2D eigenvalue weighted by Gasteiger charge is 2.60. The van der Waals surface area contributed by atoms with Crippen LogP contribution in [0, 0.1) is 28.6 Å². The monoisotopic (exact) mass is 371 g/mol. The van der Waals surface area contributed by atoms with Crippen LogP contribution >= 0.6 is 0 Å². The molecule has 4 nitrogen and oxygen atoms in total. The summed E-state index contributed by atoms with van der Waals surface area (Å²) in [5.41, 5.74) is 1.81. The molecule has 4 heteroatoms. The summed E-state index contributed by atoms with van der Waals surface area (Å²) in [6.45, 7) is 7.39. The fourth-order valence-corrected chi connectivity index (χ4v) is 7.31. The molecule has 5 rings (SSSR count). The van der Waals surface area contributed by atoms with Gasteiger partial charge in [-0.25, -0.2) is 0 Å². The second-order valence-corrected chi connectivity index (χ2v) is 10.3. The molecule has 148 valence electrons. The highest BCUT2D eigenvalue weighted by molar-refractivity contribution is 5.91. The molecular weight excluding hydrogens is 338 g/mol. The lowest BCUT2D eigenvalue weighted by atomic mass is 9.47. The molecule has 0 aromatic heterocycles. The highest BCUT2D eigenvalue weighted by Crippen LogP contribution is 2.65. The highest BCUT2D eigenvalue weighted by atomic mass is 16.5. The predicted octanol–water partition coefficient (Wildman–Crippen LogP) is 3.75. The van der Waals surface area contributed by atoms with Crippen molar-refractivity contribution in [3.8, 4) is 0 Å². The van der Waals surface area contributed by atoms with Gasteiger partial charge in [-0.1, -0.05) is 19.4 Å². The number of carbonyl (C=O) groups is 2. The van der Waals surface area contributed by atoms with Crippen LogP contribution in [0.3, 0.4) is 0 Å². The lowest BCUT2D eigenvalue weighted by Crippen LogP contribution is -2.51. The van der Waals surface area contributed by atoms with Crippen molar-refractivity contribution in [2.24, 2.45) is 28.6 Å². The van der Waals surface area contributed by atoms with Gasteiger partial charge in [0.05, 0.1) is 6.54 Å². The summed E-state index contributed by atoms with van der Waals surface area (Å²) >= 11 is 0. The standard InChI is InChI=1S/C23H33NO3/c1-22-9-7-16(25)13-15(22)3-4-17-18-5-6-20(23(18,2)10-8-19(17)22)27-21(26)14-24-11-12-24/h13,17-20H,3-12,14H2,1-2H3/t17-,18-,19-,20+,22-,23-/m0/s1. The van der Waals surface area contributed by atoms with Crippen molar-refractivity contribution in [1.29, 1.82) is 0 Å². The van der Waals surface area contributed by atoms with Crippen LogP contribution in [0.25, 0.3) is 0 Å². The number of ether oxygens (including phenoxy) is 1. The van der Waals surface area contributed by atoms with E-state index in [-0.39, 0.29) is 22.9 Å². The van der Waals surface area contributed by atoms with E-state index in [0.717, 1.165) is 51.1 Å². The number of nitrogens with zero attached hydrogens (tertiary/aromatic N) is 1. The number of esters is 1. The van der Waals surface area contributed by atoms with E-state index in [1.54, 1.807) is 0 Å². The van der Waals surface area contributed by atoms with E-state index in [1.807, 2.05) is 6.08 Å². The second-order valence-electron chi connectivity index (χ2n) is 10.3. The van der Waals surface area contributed by atoms with Crippen LogP contribution < -0.4 is 0 Å². The number of hydrogen-bond acceptors (Lipinski definition) is 4. The summed E-state index contributed by atoms with van der Waals surface area (Å²) in [6.07, 6.45) is 10.8. The zero-order valence-electron chi connectivity index (χ0n) is 16.8. The lowest BCUT2D eigenvalue weighted by molar-refractivity contribution is -0.159. The first-order valence-corrected chi connectivity index (χ1v) is 11.1. The SMILES string of the molecule is C[C@]12CC[C@H]3[C@@H](CCC4=CC(=O)CC[C@@]43C)[C@@H]1CC[C@H]2OC(=O)CN1CC1. The van der Waals surface area contributed by atoms with Crippen LogP contribution in [-0.4, -0.2) is 42.4 Å². The van der Waals surface area contributed by atoms with E-state index < -0.39 is 0 Å². The van der Waals surface area contributed by atoms with E-state index in [4.69, 9.17) is 4.74 Å². The van der Waals surface area contributed by atoms with Crippen LogP contribution in [0.4, 0.5) is 0 Å². The minimum atomic E-state index is -0.0203. The maximum Gasteiger partial charge on any atom is 0.320 e. The summed E-state index contributed by atoms with van der Waals surface area (Å²) in [4.78, 5) is 26.4. The van der Waals surface area contributed by atoms with Gasteiger partial charge in [0, 0.05) is 24.9 Å². The Kier molecular flexibility index (Phi) is 4.09. The number of rotatable bonds is 3. The van der Waals surface area contributed by atoms with Gasteiger partial charge in [0.1, 0.15) is 6.10 Å². The lowest BCUT2D eigenvalue weighted by Gasteiger charge is -2.57. The van der Waals surface area contributed by atoms with Gasteiger partial charge in [-0.15, -0.1) is 0 Å². The van der Waals surface area contributed by atoms with E-state index in [1.165, 1.54) is 24.8 Å². The molecule has 6 atom stereocenters. The van der Waals surface area contributed by atoms with Crippen molar-refractivity contribution in [2.75, 3.05) is 19.6 Å². The van der Waals surface area contributed by atoms with Crippen molar-refractivity contribution in [2.45, 2.75) is 71.3 Å². The summed E-state index contributed by atoms with van der Waals surface area (Å²) < 4.78 is 6.02. The Bertz CT molecular complexity index is 696. The largest absolute Gasteiger partial charge is 0.461 e. The van der Waals surface area contributed by atoms with Crippen molar-refractivity contribution in [1.82, 2.24) is 4.90 Å². The Morgan fingerprint density at radius 1 is 1.11 bits per heavy atom. The van der Waals surface area contributed by atoms with E-state index in [9.17, 15) is 9.59 Å². The molecule has 0 radical (unpaired) electrons. The smallest absolute Gasteiger partial charge is 0.320 e. The Balaban J connectivity index is 1.34. The fourth-order valence-electron chi connectivity index (χ4n) is 7.31. The maximum atomic E-state index is 12.3. The van der Waals surface area contributed by atoms with Crippen LogP contribution in [0.1, 0.15) is 65.2 Å². The number of fused-ring (bicyclic) bond motifs is 5. The van der Waals surface area contributed by atoms with E-state index in [2.05, 4.69) is 18.7 Å². The molecule has 0 aromatic rings. The van der Waals surface area contributed by atoms with Gasteiger partial charge in [-0.3, -0.25) is 14.5 Å². The number of allylic oxidation sites excluding steroid dienone is 1. The van der Waals surface area contributed by atoms with Crippen LogP contribution in [0.5, 0.6) is 0 Å². The molecule has 0 amide bonds. The first kappa shape index (κ1) is 17.9. The summed E-state index contributed by atoms with van der Waals surface area (Å²) in [6, 6.07) is 0. The number of ketones is 1. The molecule has 1 aliphatic heterocycles. The Hall–Kier alpha value is -1.16. The Morgan fingerprint density at radius 2 is 1.93 bits per heavy atom. The zero-order chi connectivity index (χ0) is 18.8. The topological polar surface area (TPSA) is 46.4 Å². The average molecular weight is 372 g/mol. The van der Waals surface area contributed by atoms with Crippen molar-refractivity contribution in [3.05, 3.63) is 11.6 Å². The van der Waals surface area contributed by atoms with Crippen LogP contribution in [0.15, 0.2) is 11.6 Å². The zero-order valence-corrected chi connectivity index (χ0v) is 16.8. The van der Waals surface area contributed by atoms with Crippen molar-refractivity contribution in [3.63, 3.8) is 0 Å². The second kappa shape index (κ2) is 6.17. The van der Waals surface area contributed by atoms with Crippen molar-refractivity contribution >= 4 is 11.8 Å². The van der Waals surface area contributed by atoms with Gasteiger partial charge >= 0.3 is 5.97 Å². The fraction of sp³-hybridized carbons (Fsp3) is 0.826. The molecular formula is C23H33NO3.